The van der Waals surface area contributed by atoms with Crippen LogP contribution in [0, 0.1) is 0 Å². The smallest absolute Gasteiger partial charge is 0.354 e. The molecule has 0 fully saturated rings. The second kappa shape index (κ2) is 3.45. The standard InChI is InChI=1S/C9H6FNO3/c10-13-9(12)5-7-6-3-1-2-4-8(6)14-11-7/h1-4H,5H2. The number of hydrogen-bond acceptors (Lipinski definition) is 4. The predicted octanol–water partition coefficient (Wildman–Crippen LogP) is 1.80. The van der Waals surface area contributed by atoms with Crippen LogP contribution < -0.4 is 0 Å². The molecule has 1 aromatic carbocycles. The van der Waals surface area contributed by atoms with Gasteiger partial charge in [-0.1, -0.05) is 17.3 Å². The average Bonchev–Trinajstić information content (AvgIpc) is 2.62. The van der Waals surface area contributed by atoms with E-state index < -0.39 is 5.97 Å². The number of nitrogens with zero attached hydrogens (tertiary/aromatic N) is 1. The fourth-order valence-electron chi connectivity index (χ4n) is 1.23. The van der Waals surface area contributed by atoms with Crippen LogP contribution >= 0.6 is 0 Å². The van der Waals surface area contributed by atoms with Gasteiger partial charge in [-0.2, -0.15) is 0 Å². The molecule has 0 bridgehead atoms. The van der Waals surface area contributed by atoms with Gasteiger partial charge < -0.3 is 4.52 Å². The van der Waals surface area contributed by atoms with Crippen molar-refractivity contribution in [3.8, 4) is 0 Å². The van der Waals surface area contributed by atoms with E-state index in [4.69, 9.17) is 4.52 Å². The lowest BCUT2D eigenvalue weighted by Crippen LogP contribution is -2.02. The fourth-order valence-corrected chi connectivity index (χ4v) is 1.23. The zero-order chi connectivity index (χ0) is 9.97. The van der Waals surface area contributed by atoms with Gasteiger partial charge in [0, 0.05) is 9.91 Å². The van der Waals surface area contributed by atoms with E-state index >= 15 is 0 Å². The van der Waals surface area contributed by atoms with E-state index in [9.17, 15) is 9.32 Å². The summed E-state index contributed by atoms with van der Waals surface area (Å²) in [5.41, 5.74) is 0.942. The molecule has 1 aromatic heterocycles. The molecule has 72 valence electrons. The summed E-state index contributed by atoms with van der Waals surface area (Å²) in [7, 11) is 0. The van der Waals surface area contributed by atoms with E-state index in [1.54, 1.807) is 24.3 Å². The topological polar surface area (TPSA) is 52.3 Å². The molecule has 4 nitrogen and oxygen atoms in total. The Labute approximate surface area is 78.1 Å². The first-order valence-electron chi connectivity index (χ1n) is 3.96. The molecule has 1 heterocycles. The van der Waals surface area contributed by atoms with E-state index in [1.807, 2.05) is 0 Å². The molecule has 0 saturated heterocycles. The second-order valence-corrected chi connectivity index (χ2v) is 2.75. The molecule has 0 aliphatic carbocycles. The van der Waals surface area contributed by atoms with Crippen molar-refractivity contribution in [2.45, 2.75) is 6.42 Å². The summed E-state index contributed by atoms with van der Waals surface area (Å²) in [6.07, 6.45) is -0.229. The van der Waals surface area contributed by atoms with Crippen molar-refractivity contribution in [3.63, 3.8) is 0 Å². The third-order valence-corrected chi connectivity index (χ3v) is 1.85. The molecule has 0 atom stereocenters. The molecule has 0 unspecified atom stereocenters. The largest absolute Gasteiger partial charge is 0.356 e. The van der Waals surface area contributed by atoms with Crippen LogP contribution in [0.1, 0.15) is 5.69 Å². The minimum Gasteiger partial charge on any atom is -0.356 e. The van der Waals surface area contributed by atoms with Crippen LogP contribution in [0.4, 0.5) is 4.53 Å². The normalized spacial score (nSPS) is 10.4. The minimum atomic E-state index is -0.982. The van der Waals surface area contributed by atoms with Crippen LogP contribution in [0.5, 0.6) is 0 Å². The highest BCUT2D eigenvalue weighted by Crippen LogP contribution is 2.18. The number of hydrogen-bond donors (Lipinski definition) is 0. The van der Waals surface area contributed by atoms with Crippen LogP contribution in [0.15, 0.2) is 28.8 Å². The Hall–Kier alpha value is -1.91. The summed E-state index contributed by atoms with van der Waals surface area (Å²) in [6.45, 7) is 0. The maximum absolute atomic E-state index is 11.5. The monoisotopic (exact) mass is 195 g/mol. The molecular weight excluding hydrogens is 189 g/mol. The zero-order valence-corrected chi connectivity index (χ0v) is 7.07. The number of carbonyl (C=O) groups excluding carboxylic acids is 1. The summed E-state index contributed by atoms with van der Waals surface area (Å²) in [6, 6.07) is 7.02. The van der Waals surface area contributed by atoms with Gasteiger partial charge >= 0.3 is 5.97 Å². The molecular formula is C9H6FNO3. The molecule has 0 N–H and O–H groups in total. The van der Waals surface area contributed by atoms with Gasteiger partial charge in [-0.3, -0.25) is 4.94 Å². The minimum absolute atomic E-state index is 0.229. The SMILES string of the molecule is O=C(Cc1noc2ccccc12)OF. The van der Waals surface area contributed by atoms with E-state index in [-0.39, 0.29) is 6.42 Å². The first kappa shape index (κ1) is 8.68. The maximum atomic E-state index is 11.5. The summed E-state index contributed by atoms with van der Waals surface area (Å²) in [5, 5.41) is 4.33. The molecule has 0 radical (unpaired) electrons. The van der Waals surface area contributed by atoms with Gasteiger partial charge in [-0.25, -0.2) is 4.79 Å². The number of aromatic nitrogens is 1. The summed E-state index contributed by atoms with van der Waals surface area (Å²) < 4.78 is 16.4. The second-order valence-electron chi connectivity index (χ2n) is 2.75. The van der Waals surface area contributed by atoms with Crippen molar-refractivity contribution >= 4 is 16.9 Å². The van der Waals surface area contributed by atoms with Crippen molar-refractivity contribution in [2.24, 2.45) is 0 Å². The van der Waals surface area contributed by atoms with Crippen LogP contribution in [-0.4, -0.2) is 11.1 Å². The number of fused-ring (bicyclic) bond motifs is 1. The molecule has 2 rings (SSSR count). The lowest BCUT2D eigenvalue weighted by Gasteiger charge is -1.90. The first-order valence-corrected chi connectivity index (χ1v) is 3.96. The molecule has 0 aliphatic heterocycles. The van der Waals surface area contributed by atoms with Gasteiger partial charge in [-0.05, 0) is 12.1 Å². The quantitative estimate of drug-likeness (QED) is 0.733. The van der Waals surface area contributed by atoms with E-state index in [0.29, 0.717) is 16.7 Å². The molecule has 14 heavy (non-hydrogen) atoms. The molecule has 0 saturated carbocycles. The highest BCUT2D eigenvalue weighted by molar-refractivity contribution is 5.83. The van der Waals surface area contributed by atoms with E-state index in [0.717, 1.165) is 0 Å². The fraction of sp³-hybridized carbons (Fsp3) is 0.111. The Morgan fingerprint density at radius 2 is 2.29 bits per heavy atom. The highest BCUT2D eigenvalue weighted by atomic mass is 19.3. The van der Waals surface area contributed by atoms with Crippen LogP contribution in [0.25, 0.3) is 11.0 Å². The number of carbonyl (C=O) groups is 1. The summed E-state index contributed by atoms with van der Waals surface area (Å²) in [4.78, 5) is 13.7. The summed E-state index contributed by atoms with van der Waals surface area (Å²) >= 11 is 0. The van der Waals surface area contributed by atoms with Gasteiger partial charge in [0.2, 0.25) is 0 Å². The van der Waals surface area contributed by atoms with Crippen LogP contribution in [0.3, 0.4) is 0 Å². The number of rotatable bonds is 2. The number of benzene rings is 1. The molecule has 0 spiro atoms. The van der Waals surface area contributed by atoms with Crippen molar-refractivity contribution in [2.75, 3.05) is 0 Å². The Morgan fingerprint density at radius 3 is 3.07 bits per heavy atom. The van der Waals surface area contributed by atoms with Gasteiger partial charge in [-0.15, -0.1) is 0 Å². The third kappa shape index (κ3) is 1.44. The Kier molecular flexibility index (Phi) is 2.14. The van der Waals surface area contributed by atoms with Crippen LogP contribution in [-0.2, 0) is 16.2 Å². The van der Waals surface area contributed by atoms with Gasteiger partial charge in [0.15, 0.2) is 5.58 Å². The lowest BCUT2D eigenvalue weighted by molar-refractivity contribution is -0.182. The van der Waals surface area contributed by atoms with Gasteiger partial charge in [0.1, 0.15) is 5.69 Å². The summed E-state index contributed by atoms with van der Waals surface area (Å²) in [5.74, 6) is -0.982. The van der Waals surface area contributed by atoms with Crippen molar-refractivity contribution < 1.29 is 18.8 Å². The molecule has 2 aromatic rings. The molecule has 5 heteroatoms. The highest BCUT2D eigenvalue weighted by Gasteiger charge is 2.12. The lowest BCUT2D eigenvalue weighted by atomic mass is 10.2. The first-order chi connectivity index (χ1) is 6.81. The van der Waals surface area contributed by atoms with Gasteiger partial charge in [0.25, 0.3) is 0 Å². The zero-order valence-electron chi connectivity index (χ0n) is 7.07. The number of halogens is 1. The molecule has 0 amide bonds. The average molecular weight is 195 g/mol. The van der Waals surface area contributed by atoms with Crippen molar-refractivity contribution in [1.82, 2.24) is 5.16 Å². The molecule has 0 aliphatic rings. The Morgan fingerprint density at radius 1 is 1.50 bits per heavy atom. The maximum Gasteiger partial charge on any atom is 0.354 e. The van der Waals surface area contributed by atoms with Gasteiger partial charge in [0.05, 0.1) is 6.42 Å². The van der Waals surface area contributed by atoms with Crippen molar-refractivity contribution in [1.29, 1.82) is 0 Å². The van der Waals surface area contributed by atoms with Crippen molar-refractivity contribution in [3.05, 3.63) is 30.0 Å². The Balaban J connectivity index is 2.38. The van der Waals surface area contributed by atoms with E-state index in [1.165, 1.54) is 0 Å². The van der Waals surface area contributed by atoms with Crippen LogP contribution in [0.2, 0.25) is 0 Å². The third-order valence-electron chi connectivity index (χ3n) is 1.85. The Bertz CT molecular complexity index is 466. The number of para-hydroxylation sites is 1. The van der Waals surface area contributed by atoms with E-state index in [2.05, 4.69) is 10.1 Å². The predicted molar refractivity (Wildman–Crippen MR) is 44.9 cm³/mol.